The van der Waals surface area contributed by atoms with Gasteiger partial charge >= 0.3 is 6.09 Å². The second-order valence-corrected chi connectivity index (χ2v) is 6.41. The predicted molar refractivity (Wildman–Crippen MR) is 84.0 cm³/mol. The van der Waals surface area contributed by atoms with Crippen molar-refractivity contribution in [3.05, 3.63) is 34.0 Å². The highest BCUT2D eigenvalue weighted by Gasteiger charge is 2.41. The van der Waals surface area contributed by atoms with E-state index in [0.717, 1.165) is 32.1 Å². The van der Waals surface area contributed by atoms with Crippen LogP contribution in [0.15, 0.2) is 28.4 Å². The molecule has 0 aromatic heterocycles. The molecule has 0 unspecified atom stereocenters. The van der Waals surface area contributed by atoms with E-state index in [-0.39, 0.29) is 23.5 Å². The zero-order chi connectivity index (χ0) is 15.7. The zero-order valence-electron chi connectivity index (χ0n) is 11.9. The average molecular weight is 366 g/mol. The van der Waals surface area contributed by atoms with Gasteiger partial charge in [-0.25, -0.2) is 9.69 Å². The third-order valence-electron chi connectivity index (χ3n) is 4.03. The smallest absolute Gasteiger partial charge is 0.422 e. The molecule has 2 fully saturated rings. The highest BCUT2D eigenvalue weighted by atomic mass is 79.9. The Morgan fingerprint density at radius 2 is 1.95 bits per heavy atom. The van der Waals surface area contributed by atoms with Gasteiger partial charge in [0.05, 0.1) is 4.47 Å². The van der Waals surface area contributed by atoms with E-state index in [2.05, 4.69) is 15.9 Å². The minimum Gasteiger partial charge on any atom is -0.507 e. The monoisotopic (exact) mass is 365 g/mol. The van der Waals surface area contributed by atoms with E-state index in [1.54, 1.807) is 12.1 Å². The third kappa shape index (κ3) is 2.88. The van der Waals surface area contributed by atoms with Crippen LogP contribution >= 0.6 is 15.9 Å². The predicted octanol–water partition coefficient (Wildman–Crippen LogP) is 3.81. The van der Waals surface area contributed by atoms with Gasteiger partial charge in [0.1, 0.15) is 5.75 Å². The first-order valence-corrected chi connectivity index (χ1v) is 8.11. The van der Waals surface area contributed by atoms with Gasteiger partial charge < -0.3 is 9.84 Å². The minimum absolute atomic E-state index is 0.0353. The Labute approximate surface area is 136 Å². The van der Waals surface area contributed by atoms with E-state index >= 15 is 0 Å². The summed E-state index contributed by atoms with van der Waals surface area (Å²) < 4.78 is 5.65. The van der Waals surface area contributed by atoms with E-state index in [1.807, 2.05) is 0 Å². The second-order valence-electron chi connectivity index (χ2n) is 5.55. The summed E-state index contributed by atoms with van der Waals surface area (Å²) in [6.07, 6.45) is 5.85. The van der Waals surface area contributed by atoms with E-state index in [1.165, 1.54) is 17.0 Å². The van der Waals surface area contributed by atoms with Gasteiger partial charge in [0.2, 0.25) is 0 Å². The number of carbonyl (C=O) groups is 2. The van der Waals surface area contributed by atoms with Crippen molar-refractivity contribution in [2.45, 2.75) is 38.1 Å². The Morgan fingerprint density at radius 3 is 2.64 bits per heavy atom. The number of aromatic hydroxyl groups is 1. The highest BCUT2D eigenvalue weighted by Crippen LogP contribution is 2.30. The maximum atomic E-state index is 12.4. The Bertz CT molecular complexity index is 650. The molecule has 116 valence electrons. The van der Waals surface area contributed by atoms with Crippen LogP contribution in [-0.2, 0) is 9.53 Å². The van der Waals surface area contributed by atoms with Gasteiger partial charge in [-0.05, 0) is 52.5 Å². The van der Waals surface area contributed by atoms with E-state index < -0.39 is 6.09 Å². The summed E-state index contributed by atoms with van der Waals surface area (Å²) in [6, 6.07) is 4.77. The molecule has 1 saturated carbocycles. The molecular formula is C16H16BrNO4. The molecule has 22 heavy (non-hydrogen) atoms. The molecule has 0 bridgehead atoms. The highest BCUT2D eigenvalue weighted by molar-refractivity contribution is 9.10. The fourth-order valence-electron chi connectivity index (χ4n) is 2.90. The van der Waals surface area contributed by atoms with Crippen LogP contribution in [0.4, 0.5) is 4.79 Å². The summed E-state index contributed by atoms with van der Waals surface area (Å²) in [5, 5.41) is 9.48. The van der Waals surface area contributed by atoms with Gasteiger partial charge in [-0.3, -0.25) is 4.79 Å². The molecular weight excluding hydrogens is 350 g/mol. The molecule has 1 aliphatic heterocycles. The lowest BCUT2D eigenvalue weighted by atomic mass is 9.94. The molecule has 2 aliphatic rings. The van der Waals surface area contributed by atoms with Crippen LogP contribution in [0.5, 0.6) is 5.75 Å². The van der Waals surface area contributed by atoms with Crippen LogP contribution in [-0.4, -0.2) is 28.0 Å². The fourth-order valence-corrected chi connectivity index (χ4v) is 3.29. The number of hydrogen-bond donors (Lipinski definition) is 1. The van der Waals surface area contributed by atoms with Crippen LogP contribution in [0.2, 0.25) is 0 Å². The number of hydrogen-bond acceptors (Lipinski definition) is 4. The standard InChI is InChI=1S/C16H16BrNO4/c17-12-8-10(6-7-13(12)19)9-14-15(20)18(16(21)22-14)11-4-2-1-3-5-11/h6-9,11,19H,1-5H2/b14-9+. The first-order valence-electron chi connectivity index (χ1n) is 7.32. The van der Waals surface area contributed by atoms with E-state index in [9.17, 15) is 14.7 Å². The van der Waals surface area contributed by atoms with Crippen molar-refractivity contribution in [3.8, 4) is 5.75 Å². The SMILES string of the molecule is O=C1O/C(=C/c2ccc(O)c(Br)c2)C(=O)N1C1CCCCC1. The summed E-state index contributed by atoms with van der Waals surface area (Å²) in [7, 11) is 0. The largest absolute Gasteiger partial charge is 0.507 e. The van der Waals surface area contributed by atoms with Gasteiger partial charge in [0.15, 0.2) is 5.76 Å². The number of cyclic esters (lactones) is 1. The lowest BCUT2D eigenvalue weighted by molar-refractivity contribution is -0.125. The van der Waals surface area contributed by atoms with Crippen molar-refractivity contribution in [2.75, 3.05) is 0 Å². The van der Waals surface area contributed by atoms with Gasteiger partial charge in [-0.1, -0.05) is 25.3 Å². The van der Waals surface area contributed by atoms with Crippen LogP contribution in [0, 0.1) is 0 Å². The molecule has 5 nitrogen and oxygen atoms in total. The molecule has 0 radical (unpaired) electrons. The number of benzene rings is 1. The number of ether oxygens (including phenoxy) is 1. The molecule has 2 amide bonds. The first kappa shape index (κ1) is 15.1. The molecule has 1 saturated heterocycles. The van der Waals surface area contributed by atoms with Gasteiger partial charge in [0, 0.05) is 6.04 Å². The fraction of sp³-hybridized carbons (Fsp3) is 0.375. The maximum Gasteiger partial charge on any atom is 0.422 e. The van der Waals surface area contributed by atoms with Crippen LogP contribution in [0.3, 0.4) is 0 Å². The van der Waals surface area contributed by atoms with Gasteiger partial charge in [-0.15, -0.1) is 0 Å². The molecule has 1 aliphatic carbocycles. The van der Waals surface area contributed by atoms with E-state index in [4.69, 9.17) is 4.74 Å². The lowest BCUT2D eigenvalue weighted by Gasteiger charge is -2.27. The quantitative estimate of drug-likeness (QED) is 0.809. The molecule has 6 heteroatoms. The summed E-state index contributed by atoms with van der Waals surface area (Å²) in [6.45, 7) is 0. The Morgan fingerprint density at radius 1 is 1.23 bits per heavy atom. The zero-order valence-corrected chi connectivity index (χ0v) is 13.5. The number of phenolic OH excluding ortho intramolecular Hbond substituents is 1. The topological polar surface area (TPSA) is 66.8 Å². The number of imide groups is 1. The lowest BCUT2D eigenvalue weighted by Crippen LogP contribution is -2.40. The Hall–Kier alpha value is -1.82. The van der Waals surface area contributed by atoms with Crippen molar-refractivity contribution in [1.82, 2.24) is 4.90 Å². The number of halogens is 1. The second kappa shape index (κ2) is 6.12. The number of carbonyl (C=O) groups excluding carboxylic acids is 2. The number of amides is 2. The number of phenols is 1. The normalized spacial score (nSPS) is 21.5. The molecule has 1 N–H and O–H groups in total. The summed E-state index contributed by atoms with van der Waals surface area (Å²) in [5.41, 5.74) is 0.673. The molecule has 0 atom stereocenters. The molecule has 0 spiro atoms. The molecule has 1 heterocycles. The number of rotatable bonds is 2. The minimum atomic E-state index is -0.582. The van der Waals surface area contributed by atoms with Crippen molar-refractivity contribution in [2.24, 2.45) is 0 Å². The number of nitrogens with zero attached hydrogens (tertiary/aromatic N) is 1. The van der Waals surface area contributed by atoms with Crippen LogP contribution in [0.1, 0.15) is 37.7 Å². The average Bonchev–Trinajstić information content (AvgIpc) is 2.78. The molecule has 3 rings (SSSR count). The Kier molecular flexibility index (Phi) is 4.20. The van der Waals surface area contributed by atoms with E-state index in [0.29, 0.717) is 10.0 Å². The molecule has 1 aromatic carbocycles. The maximum absolute atomic E-state index is 12.4. The molecule has 1 aromatic rings. The first-order chi connectivity index (χ1) is 10.6. The Balaban J connectivity index is 1.83. The summed E-state index contributed by atoms with van der Waals surface area (Å²) in [4.78, 5) is 25.7. The van der Waals surface area contributed by atoms with Crippen LogP contribution < -0.4 is 0 Å². The van der Waals surface area contributed by atoms with Gasteiger partial charge in [0.25, 0.3) is 5.91 Å². The van der Waals surface area contributed by atoms with Crippen molar-refractivity contribution in [3.63, 3.8) is 0 Å². The van der Waals surface area contributed by atoms with Gasteiger partial charge in [-0.2, -0.15) is 0 Å². The summed E-state index contributed by atoms with van der Waals surface area (Å²) >= 11 is 3.21. The van der Waals surface area contributed by atoms with Crippen molar-refractivity contribution >= 4 is 34.0 Å². The van der Waals surface area contributed by atoms with Crippen molar-refractivity contribution < 1.29 is 19.4 Å². The van der Waals surface area contributed by atoms with Crippen molar-refractivity contribution in [1.29, 1.82) is 0 Å². The van der Waals surface area contributed by atoms with Crippen LogP contribution in [0.25, 0.3) is 6.08 Å². The summed E-state index contributed by atoms with van der Waals surface area (Å²) in [5.74, 6) is -0.227. The third-order valence-corrected chi connectivity index (χ3v) is 4.67.